The van der Waals surface area contributed by atoms with Gasteiger partial charge in [0.1, 0.15) is 0 Å². The van der Waals surface area contributed by atoms with E-state index >= 15 is 0 Å². The Labute approximate surface area is 101 Å². The van der Waals surface area contributed by atoms with Gasteiger partial charge in [-0.25, -0.2) is 5.48 Å². The summed E-state index contributed by atoms with van der Waals surface area (Å²) < 4.78 is 7.06. The predicted molar refractivity (Wildman–Crippen MR) is 65.0 cm³/mol. The van der Waals surface area contributed by atoms with Gasteiger partial charge in [0.25, 0.3) is 5.91 Å². The number of carbonyl (C=O) groups is 1. The lowest BCUT2D eigenvalue weighted by Crippen LogP contribution is -2.24. The minimum absolute atomic E-state index is 0.204. The van der Waals surface area contributed by atoms with Crippen molar-refractivity contribution in [1.82, 2.24) is 5.48 Å². The van der Waals surface area contributed by atoms with E-state index in [1.165, 1.54) is 11.3 Å². The van der Waals surface area contributed by atoms with Crippen LogP contribution >= 0.6 is 22.7 Å². The summed E-state index contributed by atoms with van der Waals surface area (Å²) in [5, 5.41) is 2.01. The molecule has 0 bridgehead atoms. The van der Waals surface area contributed by atoms with Gasteiger partial charge in [0.2, 0.25) is 0 Å². The number of fused-ring (bicyclic) bond motifs is 1. The van der Waals surface area contributed by atoms with E-state index < -0.39 is 0 Å². The maximum Gasteiger partial charge on any atom is 0.284 e. The fourth-order valence-corrected chi connectivity index (χ4v) is 3.16. The van der Waals surface area contributed by atoms with Crippen LogP contribution in [0.15, 0.2) is 17.5 Å². The summed E-state index contributed by atoms with van der Waals surface area (Å²) in [5.74, 6) is -0.204. The molecule has 0 saturated heterocycles. The first-order valence-electron chi connectivity index (χ1n) is 4.69. The first-order chi connectivity index (χ1) is 7.81. The van der Waals surface area contributed by atoms with Gasteiger partial charge >= 0.3 is 0 Å². The third-order valence-electron chi connectivity index (χ3n) is 1.92. The van der Waals surface area contributed by atoms with Crippen LogP contribution in [0.1, 0.15) is 9.67 Å². The average Bonchev–Trinajstić information content (AvgIpc) is 2.83. The molecule has 6 heteroatoms. The molecule has 2 aromatic rings. The van der Waals surface area contributed by atoms with Gasteiger partial charge in [-0.05, 0) is 17.5 Å². The molecule has 0 aliphatic carbocycles. The standard InChI is InChI=1S/C10H11NO3S2/c1-13-3-4-14-11-10(12)9-6-8-7(16-9)2-5-15-8/h2,5-6H,3-4H2,1H3,(H,11,12). The lowest BCUT2D eigenvalue weighted by molar-refractivity contribution is 0.00915. The lowest BCUT2D eigenvalue weighted by atomic mass is 10.4. The van der Waals surface area contributed by atoms with Gasteiger partial charge in [0, 0.05) is 16.5 Å². The van der Waals surface area contributed by atoms with Crippen molar-refractivity contribution in [1.29, 1.82) is 0 Å². The molecule has 0 saturated carbocycles. The summed E-state index contributed by atoms with van der Waals surface area (Å²) in [6, 6.07) is 3.88. The minimum atomic E-state index is -0.204. The summed E-state index contributed by atoms with van der Waals surface area (Å²) >= 11 is 3.09. The third-order valence-corrected chi connectivity index (χ3v) is 4.01. The zero-order chi connectivity index (χ0) is 11.4. The molecular weight excluding hydrogens is 246 g/mol. The minimum Gasteiger partial charge on any atom is -0.382 e. The number of hydrogen-bond acceptors (Lipinski definition) is 5. The van der Waals surface area contributed by atoms with Gasteiger partial charge in [-0.1, -0.05) is 0 Å². The van der Waals surface area contributed by atoms with Crippen LogP contribution in [0, 0.1) is 0 Å². The highest BCUT2D eigenvalue weighted by molar-refractivity contribution is 7.27. The second-order valence-electron chi connectivity index (χ2n) is 3.03. The first-order valence-corrected chi connectivity index (χ1v) is 6.39. The maximum atomic E-state index is 11.6. The fraction of sp³-hybridized carbons (Fsp3) is 0.300. The molecule has 0 radical (unpaired) electrons. The summed E-state index contributed by atoms with van der Waals surface area (Å²) in [5.41, 5.74) is 2.38. The Morgan fingerprint density at radius 1 is 1.44 bits per heavy atom. The van der Waals surface area contributed by atoms with Crippen LogP contribution in [-0.4, -0.2) is 26.2 Å². The average molecular weight is 257 g/mol. The van der Waals surface area contributed by atoms with Crippen LogP contribution in [0.25, 0.3) is 9.40 Å². The molecule has 0 atom stereocenters. The highest BCUT2D eigenvalue weighted by atomic mass is 32.1. The molecule has 0 fully saturated rings. The van der Waals surface area contributed by atoms with Gasteiger partial charge in [-0.15, -0.1) is 22.7 Å². The first kappa shape index (κ1) is 11.5. The Morgan fingerprint density at radius 3 is 3.06 bits per heavy atom. The van der Waals surface area contributed by atoms with E-state index in [2.05, 4.69) is 5.48 Å². The number of thiophene rings is 2. The fourth-order valence-electron chi connectivity index (χ4n) is 1.17. The summed E-state index contributed by atoms with van der Waals surface area (Å²) in [6.07, 6.45) is 0. The van der Waals surface area contributed by atoms with Gasteiger partial charge in [0.15, 0.2) is 0 Å². The van der Waals surface area contributed by atoms with Gasteiger partial charge in [-0.3, -0.25) is 9.63 Å². The van der Waals surface area contributed by atoms with Crippen molar-refractivity contribution < 1.29 is 14.4 Å². The summed E-state index contributed by atoms with van der Waals surface area (Å²) in [7, 11) is 1.58. The highest BCUT2D eigenvalue weighted by Crippen LogP contribution is 2.29. The van der Waals surface area contributed by atoms with Gasteiger partial charge in [0.05, 0.1) is 18.1 Å². The molecule has 1 amide bonds. The second-order valence-corrected chi connectivity index (χ2v) is 5.06. The molecule has 2 rings (SSSR count). The van der Waals surface area contributed by atoms with E-state index in [1.54, 1.807) is 18.4 Å². The van der Waals surface area contributed by atoms with E-state index in [1.807, 2.05) is 17.5 Å². The quantitative estimate of drug-likeness (QED) is 0.660. The number of ether oxygens (including phenoxy) is 1. The normalized spacial score (nSPS) is 10.8. The number of rotatable bonds is 5. The van der Waals surface area contributed by atoms with E-state index in [-0.39, 0.29) is 5.91 Å². The molecule has 2 aromatic heterocycles. The Bertz CT molecular complexity index is 449. The molecule has 86 valence electrons. The Hall–Kier alpha value is -0.950. The van der Waals surface area contributed by atoms with E-state index in [0.29, 0.717) is 18.1 Å². The number of amides is 1. The molecule has 4 nitrogen and oxygen atoms in total. The molecular formula is C10H11NO3S2. The van der Waals surface area contributed by atoms with Crippen LogP contribution < -0.4 is 5.48 Å². The smallest absolute Gasteiger partial charge is 0.284 e. The largest absolute Gasteiger partial charge is 0.382 e. The van der Waals surface area contributed by atoms with E-state index in [0.717, 1.165) is 9.40 Å². The van der Waals surface area contributed by atoms with Crippen molar-refractivity contribution in [2.45, 2.75) is 0 Å². The molecule has 0 aromatic carbocycles. The topological polar surface area (TPSA) is 47.6 Å². The number of methoxy groups -OCH3 is 1. The van der Waals surface area contributed by atoms with Crippen molar-refractivity contribution in [2.24, 2.45) is 0 Å². The Balaban J connectivity index is 1.92. The molecule has 2 heterocycles. The van der Waals surface area contributed by atoms with E-state index in [4.69, 9.17) is 9.57 Å². The molecule has 0 unspecified atom stereocenters. The zero-order valence-corrected chi connectivity index (χ0v) is 10.3. The third kappa shape index (κ3) is 2.59. The van der Waals surface area contributed by atoms with Crippen LogP contribution in [-0.2, 0) is 9.57 Å². The number of nitrogens with one attached hydrogen (secondary N) is 1. The molecule has 0 spiro atoms. The van der Waals surface area contributed by atoms with E-state index in [9.17, 15) is 4.79 Å². The van der Waals surface area contributed by atoms with Crippen LogP contribution in [0.3, 0.4) is 0 Å². The monoisotopic (exact) mass is 257 g/mol. The number of hydroxylamine groups is 1. The summed E-state index contributed by atoms with van der Waals surface area (Å²) in [6.45, 7) is 0.807. The Morgan fingerprint density at radius 2 is 2.31 bits per heavy atom. The molecule has 0 aliphatic heterocycles. The zero-order valence-electron chi connectivity index (χ0n) is 8.69. The van der Waals surface area contributed by atoms with Crippen LogP contribution in [0.4, 0.5) is 0 Å². The predicted octanol–water partition coefficient (Wildman–Crippen LogP) is 2.27. The van der Waals surface area contributed by atoms with Crippen molar-refractivity contribution >= 4 is 38.0 Å². The van der Waals surface area contributed by atoms with Crippen molar-refractivity contribution in [3.05, 3.63) is 22.4 Å². The highest BCUT2D eigenvalue weighted by Gasteiger charge is 2.10. The van der Waals surface area contributed by atoms with Crippen molar-refractivity contribution in [3.63, 3.8) is 0 Å². The number of carbonyl (C=O) groups excluding carboxylic acids is 1. The lowest BCUT2D eigenvalue weighted by Gasteiger charge is -2.02. The van der Waals surface area contributed by atoms with Crippen LogP contribution in [0.5, 0.6) is 0 Å². The van der Waals surface area contributed by atoms with Crippen molar-refractivity contribution in [2.75, 3.05) is 20.3 Å². The van der Waals surface area contributed by atoms with Crippen molar-refractivity contribution in [3.8, 4) is 0 Å². The maximum absolute atomic E-state index is 11.6. The Kier molecular flexibility index (Phi) is 3.89. The molecule has 16 heavy (non-hydrogen) atoms. The number of hydrogen-bond donors (Lipinski definition) is 1. The molecule has 0 aliphatic rings. The van der Waals surface area contributed by atoms with Gasteiger partial charge < -0.3 is 4.74 Å². The summed E-state index contributed by atoms with van der Waals surface area (Å²) in [4.78, 5) is 17.2. The van der Waals surface area contributed by atoms with Gasteiger partial charge in [-0.2, -0.15) is 0 Å². The second kappa shape index (κ2) is 5.40. The van der Waals surface area contributed by atoms with Crippen LogP contribution in [0.2, 0.25) is 0 Å². The molecule has 1 N–H and O–H groups in total. The SMILES string of the molecule is COCCONC(=O)c1cc2sccc2s1.